The zero-order chi connectivity index (χ0) is 19.5. The number of aromatic hydroxyl groups is 1. The lowest BCUT2D eigenvalue weighted by molar-refractivity contribution is 0.0526. The largest absolute Gasteiger partial charge is 0.508 e. The highest BCUT2D eigenvalue weighted by Gasteiger charge is 2.11. The SMILES string of the molecule is CCOC(=O)c1ccc(Nc2cc(-c3cccc(O)c3)nc3ncnn23)cc1. The Hall–Kier alpha value is -3.94. The third-order valence-electron chi connectivity index (χ3n) is 4.06. The van der Waals surface area contributed by atoms with Gasteiger partial charge in [-0.05, 0) is 43.3 Å². The van der Waals surface area contributed by atoms with E-state index in [0.717, 1.165) is 11.3 Å². The molecule has 0 unspecified atom stereocenters. The summed E-state index contributed by atoms with van der Waals surface area (Å²) in [6.07, 6.45) is 1.42. The normalized spacial score (nSPS) is 10.8. The molecule has 0 bridgehead atoms. The molecule has 0 aliphatic rings. The van der Waals surface area contributed by atoms with Gasteiger partial charge in [0.1, 0.15) is 17.9 Å². The molecule has 0 aliphatic carbocycles. The van der Waals surface area contributed by atoms with Gasteiger partial charge in [0, 0.05) is 17.3 Å². The number of hydrogen-bond acceptors (Lipinski definition) is 7. The molecule has 2 heterocycles. The molecule has 0 amide bonds. The molecule has 140 valence electrons. The molecule has 0 atom stereocenters. The highest BCUT2D eigenvalue weighted by Crippen LogP contribution is 2.26. The number of aromatic nitrogens is 4. The lowest BCUT2D eigenvalue weighted by Gasteiger charge is -2.11. The second-order valence-corrected chi connectivity index (χ2v) is 5.97. The molecule has 4 rings (SSSR count). The number of phenols is 1. The Morgan fingerprint density at radius 2 is 2.00 bits per heavy atom. The van der Waals surface area contributed by atoms with Crippen LogP contribution >= 0.6 is 0 Å². The highest BCUT2D eigenvalue weighted by molar-refractivity contribution is 5.89. The lowest BCUT2D eigenvalue weighted by Crippen LogP contribution is -2.05. The predicted molar refractivity (Wildman–Crippen MR) is 104 cm³/mol. The Kier molecular flexibility index (Phi) is 4.59. The van der Waals surface area contributed by atoms with Gasteiger partial charge >= 0.3 is 5.97 Å². The summed E-state index contributed by atoms with van der Waals surface area (Å²) in [5, 5.41) is 17.2. The van der Waals surface area contributed by atoms with Crippen LogP contribution in [0.2, 0.25) is 0 Å². The maximum absolute atomic E-state index is 11.8. The Morgan fingerprint density at radius 1 is 1.18 bits per heavy atom. The second-order valence-electron chi connectivity index (χ2n) is 5.97. The van der Waals surface area contributed by atoms with Gasteiger partial charge in [-0.15, -0.1) is 0 Å². The number of hydrogen-bond donors (Lipinski definition) is 2. The molecular formula is C20H17N5O3. The van der Waals surface area contributed by atoms with Gasteiger partial charge in [0.25, 0.3) is 5.78 Å². The average molecular weight is 375 g/mol. The fourth-order valence-corrected chi connectivity index (χ4v) is 2.77. The van der Waals surface area contributed by atoms with Crippen molar-refractivity contribution in [3.8, 4) is 17.0 Å². The summed E-state index contributed by atoms with van der Waals surface area (Å²) in [6, 6.07) is 15.6. The summed E-state index contributed by atoms with van der Waals surface area (Å²) < 4.78 is 6.57. The summed E-state index contributed by atoms with van der Waals surface area (Å²) in [6.45, 7) is 2.10. The van der Waals surface area contributed by atoms with Crippen molar-refractivity contribution in [2.75, 3.05) is 11.9 Å². The first-order valence-corrected chi connectivity index (χ1v) is 8.68. The van der Waals surface area contributed by atoms with E-state index in [1.54, 1.807) is 53.9 Å². The van der Waals surface area contributed by atoms with Crippen LogP contribution in [-0.4, -0.2) is 37.3 Å². The van der Waals surface area contributed by atoms with Crippen molar-refractivity contribution in [3.63, 3.8) is 0 Å². The van der Waals surface area contributed by atoms with Crippen molar-refractivity contribution < 1.29 is 14.6 Å². The van der Waals surface area contributed by atoms with E-state index in [1.165, 1.54) is 6.33 Å². The van der Waals surface area contributed by atoms with Gasteiger partial charge < -0.3 is 15.2 Å². The molecular weight excluding hydrogens is 358 g/mol. The molecule has 8 heteroatoms. The molecule has 2 N–H and O–H groups in total. The average Bonchev–Trinajstić information content (AvgIpc) is 3.18. The molecule has 4 aromatic rings. The Morgan fingerprint density at radius 3 is 2.75 bits per heavy atom. The van der Waals surface area contributed by atoms with Crippen molar-refractivity contribution in [3.05, 3.63) is 66.5 Å². The highest BCUT2D eigenvalue weighted by atomic mass is 16.5. The second kappa shape index (κ2) is 7.36. The number of benzene rings is 2. The third-order valence-corrected chi connectivity index (χ3v) is 4.06. The van der Waals surface area contributed by atoms with Crippen LogP contribution in [0.1, 0.15) is 17.3 Å². The first-order chi connectivity index (χ1) is 13.6. The lowest BCUT2D eigenvalue weighted by atomic mass is 10.1. The number of carbonyl (C=O) groups is 1. The summed E-state index contributed by atoms with van der Waals surface area (Å²) in [7, 11) is 0. The first-order valence-electron chi connectivity index (χ1n) is 8.68. The number of anilines is 2. The summed E-state index contributed by atoms with van der Waals surface area (Å²) in [4.78, 5) is 20.4. The Labute approximate surface area is 160 Å². The molecule has 2 aromatic heterocycles. The van der Waals surface area contributed by atoms with Crippen LogP contribution in [0.25, 0.3) is 17.0 Å². The fourth-order valence-electron chi connectivity index (χ4n) is 2.77. The van der Waals surface area contributed by atoms with Gasteiger partial charge in [-0.3, -0.25) is 0 Å². The third kappa shape index (κ3) is 3.48. The molecule has 28 heavy (non-hydrogen) atoms. The van der Waals surface area contributed by atoms with Crippen LogP contribution in [-0.2, 0) is 4.74 Å². The van der Waals surface area contributed by atoms with Gasteiger partial charge in [-0.1, -0.05) is 12.1 Å². The minimum Gasteiger partial charge on any atom is -0.508 e. The number of ether oxygens (including phenoxy) is 1. The summed E-state index contributed by atoms with van der Waals surface area (Å²) in [5.74, 6) is 0.865. The van der Waals surface area contributed by atoms with Crippen molar-refractivity contribution in [2.45, 2.75) is 6.92 Å². The molecule has 0 saturated carbocycles. The van der Waals surface area contributed by atoms with Crippen LogP contribution < -0.4 is 5.32 Å². The van der Waals surface area contributed by atoms with E-state index in [-0.39, 0.29) is 11.7 Å². The van der Waals surface area contributed by atoms with Gasteiger partial charge in [0.05, 0.1) is 17.9 Å². The number of fused-ring (bicyclic) bond motifs is 1. The van der Waals surface area contributed by atoms with Crippen molar-refractivity contribution >= 4 is 23.3 Å². The smallest absolute Gasteiger partial charge is 0.338 e. The van der Waals surface area contributed by atoms with Crippen molar-refractivity contribution in [1.29, 1.82) is 0 Å². The first kappa shape index (κ1) is 17.5. The molecule has 2 aromatic carbocycles. The predicted octanol–water partition coefficient (Wildman–Crippen LogP) is 3.42. The summed E-state index contributed by atoms with van der Waals surface area (Å²) in [5.41, 5.74) is 2.64. The number of carbonyl (C=O) groups excluding carboxylic acids is 1. The van der Waals surface area contributed by atoms with Crippen LogP contribution in [0.3, 0.4) is 0 Å². The molecule has 8 nitrogen and oxygen atoms in total. The number of rotatable bonds is 5. The van der Waals surface area contributed by atoms with Crippen LogP contribution in [0.4, 0.5) is 11.5 Å². The summed E-state index contributed by atoms with van der Waals surface area (Å²) >= 11 is 0. The molecule has 0 spiro atoms. The zero-order valence-corrected chi connectivity index (χ0v) is 15.0. The number of phenolic OH excluding ortho intramolecular Hbond substituents is 1. The van der Waals surface area contributed by atoms with Crippen molar-refractivity contribution in [1.82, 2.24) is 19.6 Å². The van der Waals surface area contributed by atoms with E-state index in [9.17, 15) is 9.90 Å². The molecule has 0 saturated heterocycles. The van der Waals surface area contributed by atoms with E-state index in [1.807, 2.05) is 12.1 Å². The quantitative estimate of drug-likeness (QED) is 0.515. The molecule has 0 aliphatic heterocycles. The van der Waals surface area contributed by atoms with Gasteiger partial charge in [0.2, 0.25) is 0 Å². The topological polar surface area (TPSA) is 102 Å². The maximum atomic E-state index is 11.8. The van der Waals surface area contributed by atoms with E-state index >= 15 is 0 Å². The standard InChI is InChI=1S/C20H17N5O3/c1-2-28-19(27)13-6-8-15(9-7-13)23-18-11-17(14-4-3-5-16(26)10-14)24-20-21-12-22-25(18)20/h3-12,23,26H,2H2,1H3. The minimum atomic E-state index is -0.359. The van der Waals surface area contributed by atoms with E-state index in [2.05, 4.69) is 20.4 Å². The Bertz CT molecular complexity index is 1140. The number of nitrogens with zero attached hydrogens (tertiary/aromatic N) is 4. The number of nitrogens with one attached hydrogen (secondary N) is 1. The molecule has 0 radical (unpaired) electrons. The van der Waals surface area contributed by atoms with Crippen LogP contribution in [0.5, 0.6) is 5.75 Å². The zero-order valence-electron chi connectivity index (χ0n) is 15.0. The van der Waals surface area contributed by atoms with Gasteiger partial charge in [0.15, 0.2) is 0 Å². The minimum absolute atomic E-state index is 0.157. The Balaban J connectivity index is 1.68. The van der Waals surface area contributed by atoms with E-state index in [4.69, 9.17) is 4.74 Å². The van der Waals surface area contributed by atoms with E-state index < -0.39 is 0 Å². The van der Waals surface area contributed by atoms with Gasteiger partial charge in [-0.25, -0.2) is 9.78 Å². The number of esters is 1. The monoisotopic (exact) mass is 375 g/mol. The maximum Gasteiger partial charge on any atom is 0.338 e. The van der Waals surface area contributed by atoms with Gasteiger partial charge in [-0.2, -0.15) is 14.6 Å². The van der Waals surface area contributed by atoms with Crippen LogP contribution in [0.15, 0.2) is 60.9 Å². The van der Waals surface area contributed by atoms with E-state index in [0.29, 0.717) is 29.5 Å². The molecule has 0 fully saturated rings. The van der Waals surface area contributed by atoms with Crippen LogP contribution in [0, 0.1) is 0 Å². The fraction of sp³-hybridized carbons (Fsp3) is 0.100. The van der Waals surface area contributed by atoms with Crippen molar-refractivity contribution in [2.24, 2.45) is 0 Å².